The summed E-state index contributed by atoms with van der Waals surface area (Å²) < 4.78 is 1.63. The highest BCUT2D eigenvalue weighted by molar-refractivity contribution is 5.74. The van der Waals surface area contributed by atoms with Gasteiger partial charge in [0.15, 0.2) is 0 Å². The largest absolute Gasteiger partial charge is 0.383 e. The van der Waals surface area contributed by atoms with Gasteiger partial charge in [-0.3, -0.25) is 4.68 Å². The summed E-state index contributed by atoms with van der Waals surface area (Å²) in [6.07, 6.45) is 6.95. The molecule has 0 aromatic carbocycles. The maximum Gasteiger partial charge on any atom is 0.315 e. The molecule has 2 rings (SSSR count). The van der Waals surface area contributed by atoms with Gasteiger partial charge in [0.25, 0.3) is 0 Å². The molecule has 0 spiro atoms. The Bertz CT molecular complexity index is 465. The van der Waals surface area contributed by atoms with Crippen LogP contribution in [-0.2, 0) is 12.6 Å². The van der Waals surface area contributed by atoms with Crippen molar-refractivity contribution in [1.82, 2.24) is 20.4 Å². The van der Waals surface area contributed by atoms with Crippen molar-refractivity contribution in [3.8, 4) is 0 Å². The van der Waals surface area contributed by atoms with Gasteiger partial charge in [0.05, 0.1) is 12.7 Å². The number of rotatable bonds is 6. The first-order valence-electron chi connectivity index (χ1n) is 7.12. The van der Waals surface area contributed by atoms with Gasteiger partial charge in [-0.1, -0.05) is 12.8 Å². The summed E-state index contributed by atoms with van der Waals surface area (Å²) in [5.74, 6) is 0.781. The predicted octanol–water partition coefficient (Wildman–Crippen LogP) is 1.12. The Morgan fingerprint density at radius 2 is 2.35 bits per heavy atom. The Hall–Kier alpha value is -1.56. The fraction of sp³-hybridized carbons (Fsp3) is 0.714. The molecular weight excluding hydrogens is 256 g/mol. The standard InChI is InChI=1S/C14H24N4O2/c1-10(6-11-4-5-11)17-13(19)15-9-14(2,20)12-7-16-18(3)8-12/h7-8,10-11,20H,4-6,9H2,1-3H3,(H2,15,17,19)/t10-,14+/m1/s1. The monoisotopic (exact) mass is 280 g/mol. The molecule has 20 heavy (non-hydrogen) atoms. The summed E-state index contributed by atoms with van der Waals surface area (Å²) in [6, 6.07) is -0.0619. The Morgan fingerprint density at radius 1 is 1.65 bits per heavy atom. The van der Waals surface area contributed by atoms with Crippen molar-refractivity contribution in [2.75, 3.05) is 6.54 Å². The molecule has 0 radical (unpaired) electrons. The first-order valence-corrected chi connectivity index (χ1v) is 7.12. The second kappa shape index (κ2) is 5.83. The van der Waals surface area contributed by atoms with Crippen molar-refractivity contribution in [2.45, 2.75) is 44.8 Å². The number of aromatic nitrogens is 2. The molecule has 1 aliphatic carbocycles. The molecule has 6 nitrogen and oxygen atoms in total. The molecule has 3 N–H and O–H groups in total. The van der Waals surface area contributed by atoms with Crippen LogP contribution in [0, 0.1) is 5.92 Å². The molecule has 112 valence electrons. The highest BCUT2D eigenvalue weighted by Gasteiger charge is 2.27. The normalized spacial score (nSPS) is 19.2. The Kier molecular flexibility index (Phi) is 4.32. The van der Waals surface area contributed by atoms with Crippen molar-refractivity contribution in [3.63, 3.8) is 0 Å². The molecule has 1 aromatic heterocycles. The number of amides is 2. The van der Waals surface area contributed by atoms with Crippen molar-refractivity contribution in [1.29, 1.82) is 0 Å². The van der Waals surface area contributed by atoms with Gasteiger partial charge in [0.2, 0.25) is 0 Å². The number of hydrogen-bond acceptors (Lipinski definition) is 3. The van der Waals surface area contributed by atoms with Crippen LogP contribution >= 0.6 is 0 Å². The van der Waals surface area contributed by atoms with Gasteiger partial charge in [-0.15, -0.1) is 0 Å². The van der Waals surface area contributed by atoms with Gasteiger partial charge < -0.3 is 15.7 Å². The van der Waals surface area contributed by atoms with Gasteiger partial charge in [0.1, 0.15) is 5.60 Å². The second-order valence-electron chi connectivity index (χ2n) is 6.08. The second-order valence-corrected chi connectivity index (χ2v) is 6.08. The van der Waals surface area contributed by atoms with Crippen LogP contribution in [0.1, 0.15) is 38.7 Å². The summed E-state index contributed by atoms with van der Waals surface area (Å²) in [4.78, 5) is 11.8. The van der Waals surface area contributed by atoms with E-state index in [2.05, 4.69) is 15.7 Å². The number of aliphatic hydroxyl groups is 1. The Balaban J connectivity index is 1.76. The average molecular weight is 280 g/mol. The minimum atomic E-state index is -1.12. The molecule has 0 aliphatic heterocycles. The summed E-state index contributed by atoms with van der Waals surface area (Å²) >= 11 is 0. The number of urea groups is 1. The Morgan fingerprint density at radius 3 is 2.90 bits per heavy atom. The maximum atomic E-state index is 11.8. The minimum Gasteiger partial charge on any atom is -0.383 e. The first-order chi connectivity index (χ1) is 9.37. The molecule has 0 bridgehead atoms. The molecule has 6 heteroatoms. The van der Waals surface area contributed by atoms with Crippen molar-refractivity contribution < 1.29 is 9.90 Å². The fourth-order valence-electron chi connectivity index (χ4n) is 2.24. The zero-order valence-corrected chi connectivity index (χ0v) is 12.4. The molecule has 0 unspecified atom stereocenters. The molecule has 2 amide bonds. The van der Waals surface area contributed by atoms with Crippen LogP contribution in [0.15, 0.2) is 12.4 Å². The smallest absolute Gasteiger partial charge is 0.315 e. The van der Waals surface area contributed by atoms with Gasteiger partial charge in [-0.25, -0.2) is 4.79 Å². The number of aryl methyl sites for hydroxylation is 1. The molecule has 0 saturated heterocycles. The lowest BCUT2D eigenvalue weighted by atomic mass is 10.00. The lowest BCUT2D eigenvalue weighted by molar-refractivity contribution is 0.0592. The van der Waals surface area contributed by atoms with Gasteiger partial charge in [-0.2, -0.15) is 5.10 Å². The average Bonchev–Trinajstić information content (AvgIpc) is 3.05. The van der Waals surface area contributed by atoms with Crippen LogP contribution in [0.2, 0.25) is 0 Å². The van der Waals surface area contributed by atoms with Gasteiger partial charge in [-0.05, 0) is 26.2 Å². The summed E-state index contributed by atoms with van der Waals surface area (Å²) in [5.41, 5.74) is -0.433. The van der Waals surface area contributed by atoms with Crippen LogP contribution in [0.3, 0.4) is 0 Å². The van der Waals surface area contributed by atoms with E-state index in [1.165, 1.54) is 12.8 Å². The van der Waals surface area contributed by atoms with Crippen LogP contribution in [0.25, 0.3) is 0 Å². The molecule has 1 aromatic rings. The number of carbonyl (C=O) groups is 1. The predicted molar refractivity (Wildman–Crippen MR) is 76.1 cm³/mol. The number of nitrogens with one attached hydrogen (secondary N) is 2. The third kappa shape index (κ3) is 4.23. The van der Waals surface area contributed by atoms with E-state index >= 15 is 0 Å². The number of carbonyl (C=O) groups excluding carboxylic acids is 1. The van der Waals surface area contributed by atoms with E-state index in [0.717, 1.165) is 12.3 Å². The van der Waals surface area contributed by atoms with Crippen LogP contribution in [-0.4, -0.2) is 33.5 Å². The van der Waals surface area contributed by atoms with E-state index in [1.807, 2.05) is 6.92 Å². The fourth-order valence-corrected chi connectivity index (χ4v) is 2.24. The quantitative estimate of drug-likeness (QED) is 0.730. The van der Waals surface area contributed by atoms with Crippen molar-refractivity contribution in [2.24, 2.45) is 13.0 Å². The number of nitrogens with zero attached hydrogens (tertiary/aromatic N) is 2. The van der Waals surface area contributed by atoms with E-state index in [0.29, 0.717) is 5.56 Å². The number of hydrogen-bond donors (Lipinski definition) is 3. The summed E-state index contributed by atoms with van der Waals surface area (Å²) in [7, 11) is 1.79. The third-order valence-corrected chi connectivity index (χ3v) is 3.68. The van der Waals surface area contributed by atoms with Crippen molar-refractivity contribution >= 4 is 6.03 Å². The zero-order valence-electron chi connectivity index (χ0n) is 12.4. The molecule has 1 heterocycles. The van der Waals surface area contributed by atoms with Crippen LogP contribution in [0.4, 0.5) is 4.79 Å². The minimum absolute atomic E-state index is 0.153. The van der Waals surface area contributed by atoms with Crippen LogP contribution in [0.5, 0.6) is 0 Å². The highest BCUT2D eigenvalue weighted by Crippen LogP contribution is 2.33. The lowest BCUT2D eigenvalue weighted by Gasteiger charge is -2.23. The van der Waals surface area contributed by atoms with E-state index in [1.54, 1.807) is 31.0 Å². The van der Waals surface area contributed by atoms with Crippen LogP contribution < -0.4 is 10.6 Å². The molecular formula is C14H24N4O2. The van der Waals surface area contributed by atoms with E-state index < -0.39 is 5.60 Å². The van der Waals surface area contributed by atoms with Gasteiger partial charge >= 0.3 is 6.03 Å². The summed E-state index contributed by atoms with van der Waals surface area (Å²) in [5, 5.41) is 20.0. The summed E-state index contributed by atoms with van der Waals surface area (Å²) in [6.45, 7) is 3.83. The Labute approximate surface area is 119 Å². The van der Waals surface area contributed by atoms with E-state index in [9.17, 15) is 9.90 Å². The first kappa shape index (κ1) is 14.8. The third-order valence-electron chi connectivity index (χ3n) is 3.68. The van der Waals surface area contributed by atoms with Crippen molar-refractivity contribution in [3.05, 3.63) is 18.0 Å². The molecule has 1 saturated carbocycles. The van der Waals surface area contributed by atoms with Gasteiger partial charge in [0, 0.05) is 24.8 Å². The lowest BCUT2D eigenvalue weighted by Crippen LogP contribution is -2.46. The highest BCUT2D eigenvalue weighted by atomic mass is 16.3. The van der Waals surface area contributed by atoms with E-state index in [-0.39, 0.29) is 18.6 Å². The SMILES string of the molecule is C[C@H](CC1CC1)NC(=O)NC[C@](C)(O)c1cnn(C)c1. The topological polar surface area (TPSA) is 79.2 Å². The maximum absolute atomic E-state index is 11.8. The molecule has 2 atom stereocenters. The molecule has 1 fully saturated rings. The zero-order chi connectivity index (χ0) is 14.8. The molecule has 1 aliphatic rings. The van der Waals surface area contributed by atoms with E-state index in [4.69, 9.17) is 0 Å².